The van der Waals surface area contributed by atoms with Crippen LogP contribution in [-0.2, 0) is 15.7 Å². The molecule has 1 unspecified atom stereocenters. The monoisotopic (exact) mass is 417 g/mol. The summed E-state index contributed by atoms with van der Waals surface area (Å²) in [5, 5.41) is 6.08. The van der Waals surface area contributed by atoms with E-state index in [-0.39, 0.29) is 23.6 Å². The van der Waals surface area contributed by atoms with Gasteiger partial charge in [-0.05, 0) is 24.8 Å². The average molecular weight is 417 g/mol. The van der Waals surface area contributed by atoms with Crippen LogP contribution in [0.15, 0.2) is 12.3 Å². The molecule has 5 nitrogen and oxygen atoms in total. The van der Waals surface area contributed by atoms with E-state index in [0.29, 0.717) is 31.6 Å². The number of esters is 1. The lowest BCUT2D eigenvalue weighted by atomic mass is 10.0. The molecule has 9 heteroatoms. The summed E-state index contributed by atoms with van der Waals surface area (Å²) in [5.41, 5.74) is -2.13. The van der Waals surface area contributed by atoms with Gasteiger partial charge < -0.3 is 10.1 Å². The molecule has 0 radical (unpaired) electrons. The van der Waals surface area contributed by atoms with Crippen LogP contribution in [0.25, 0.3) is 0 Å². The van der Waals surface area contributed by atoms with Gasteiger partial charge in [0.15, 0.2) is 17.4 Å². The molecule has 1 saturated heterocycles. The first-order valence-electron chi connectivity index (χ1n) is 10.1. The Balaban J connectivity index is 1.69. The number of carbonyl (C=O) groups excluding carboxylic acids is 1. The molecule has 1 aromatic heterocycles. The molecule has 2 heterocycles. The third-order valence-corrected chi connectivity index (χ3v) is 5.82. The molecule has 1 saturated carbocycles. The van der Waals surface area contributed by atoms with E-state index in [1.807, 2.05) is 6.92 Å². The number of hydrogen-bond donors (Lipinski definition) is 2. The van der Waals surface area contributed by atoms with Crippen molar-refractivity contribution in [3.63, 3.8) is 0 Å². The van der Waals surface area contributed by atoms with E-state index in [4.69, 9.17) is 4.74 Å². The quantitative estimate of drug-likeness (QED) is 0.371. The van der Waals surface area contributed by atoms with Crippen LogP contribution < -0.4 is 10.6 Å². The molecule has 1 aromatic rings. The van der Waals surface area contributed by atoms with Gasteiger partial charge in [-0.1, -0.05) is 33.1 Å². The van der Waals surface area contributed by atoms with Gasteiger partial charge in [0.25, 0.3) is 0 Å². The molecule has 1 aliphatic heterocycles. The summed E-state index contributed by atoms with van der Waals surface area (Å²) in [4.78, 5) is 16.2. The molecule has 0 aromatic carbocycles. The first kappa shape index (κ1) is 21.8. The van der Waals surface area contributed by atoms with Crippen molar-refractivity contribution in [2.75, 3.05) is 11.9 Å². The molecule has 2 aliphatic rings. The minimum atomic E-state index is -4.66. The number of nitrogens with one attached hydrogen (secondary N) is 2. The Morgan fingerprint density at radius 2 is 2.21 bits per heavy atom. The minimum Gasteiger partial charge on any atom is -0.441 e. The number of unbranched alkanes of at least 4 members (excludes halogenated alkanes) is 2. The molecule has 0 spiro atoms. The number of pyridine rings is 1. The summed E-state index contributed by atoms with van der Waals surface area (Å²) in [6, 6.07) is -0.0449. The second-order valence-corrected chi connectivity index (χ2v) is 8.14. The van der Waals surface area contributed by atoms with Gasteiger partial charge in [-0.15, -0.1) is 0 Å². The summed E-state index contributed by atoms with van der Waals surface area (Å²) >= 11 is 0. The number of rotatable bonds is 8. The summed E-state index contributed by atoms with van der Waals surface area (Å²) in [5.74, 6) is -1.68. The Morgan fingerprint density at radius 3 is 2.83 bits per heavy atom. The number of piperidine rings is 1. The second-order valence-electron chi connectivity index (χ2n) is 8.14. The molecule has 2 bridgehead atoms. The molecular weight excluding hydrogens is 390 g/mol. The van der Waals surface area contributed by atoms with Crippen molar-refractivity contribution in [2.45, 2.75) is 70.3 Å². The van der Waals surface area contributed by atoms with Crippen LogP contribution in [0, 0.1) is 17.7 Å². The Kier molecular flexibility index (Phi) is 6.36. The highest BCUT2D eigenvalue weighted by Crippen LogP contribution is 2.43. The second kappa shape index (κ2) is 8.45. The molecule has 3 rings (SSSR count). The fourth-order valence-electron chi connectivity index (χ4n) is 4.13. The SMILES string of the molecule is CCCCCC(C)C(=O)O[C@]12C[C@@H](CN1)C[C@H]2Nc1ncc(C(F)(F)F)cc1F. The van der Waals surface area contributed by atoms with Crippen molar-refractivity contribution in [3.8, 4) is 0 Å². The van der Waals surface area contributed by atoms with Gasteiger partial charge >= 0.3 is 12.1 Å². The Hall–Kier alpha value is -1.90. The fraction of sp³-hybridized carbons (Fsp3) is 0.700. The smallest absolute Gasteiger partial charge is 0.417 e. The third-order valence-electron chi connectivity index (χ3n) is 5.82. The average Bonchev–Trinajstić information content (AvgIpc) is 3.20. The van der Waals surface area contributed by atoms with E-state index in [0.717, 1.165) is 25.7 Å². The standard InChI is InChI=1S/C20H27F4N3O2/c1-3-4-5-6-12(2)18(28)29-19-9-13(10-26-19)7-16(19)27-17-15(21)8-14(11-25-17)20(22,23)24/h8,11-13,16,26H,3-7,9-10H2,1-2H3,(H,25,27)/t12?,13-,16+,19-/m0/s1. The van der Waals surface area contributed by atoms with Crippen molar-refractivity contribution < 1.29 is 27.1 Å². The number of ether oxygens (including phenoxy) is 1. The zero-order valence-electron chi connectivity index (χ0n) is 16.6. The van der Waals surface area contributed by atoms with Crippen LogP contribution >= 0.6 is 0 Å². The van der Waals surface area contributed by atoms with Crippen molar-refractivity contribution in [1.82, 2.24) is 10.3 Å². The van der Waals surface area contributed by atoms with E-state index >= 15 is 0 Å². The lowest BCUT2D eigenvalue weighted by Crippen LogP contribution is -2.57. The molecule has 162 valence electrons. The highest BCUT2D eigenvalue weighted by atomic mass is 19.4. The predicted molar refractivity (Wildman–Crippen MR) is 99.5 cm³/mol. The van der Waals surface area contributed by atoms with E-state index < -0.39 is 29.3 Å². The number of carbonyl (C=O) groups is 1. The number of alkyl halides is 3. The first-order valence-corrected chi connectivity index (χ1v) is 10.1. The maximum absolute atomic E-state index is 14.2. The van der Waals surface area contributed by atoms with Crippen LogP contribution in [0.2, 0.25) is 0 Å². The maximum Gasteiger partial charge on any atom is 0.417 e. The lowest BCUT2D eigenvalue weighted by molar-refractivity contribution is -0.167. The van der Waals surface area contributed by atoms with Crippen LogP contribution in [-0.4, -0.2) is 29.3 Å². The molecule has 2 N–H and O–H groups in total. The molecule has 2 fully saturated rings. The normalized spacial score (nSPS) is 27.1. The maximum atomic E-state index is 14.2. The number of aromatic nitrogens is 1. The largest absolute Gasteiger partial charge is 0.441 e. The molecule has 0 amide bonds. The van der Waals surface area contributed by atoms with Gasteiger partial charge in [0, 0.05) is 19.2 Å². The number of hydrogen-bond acceptors (Lipinski definition) is 5. The topological polar surface area (TPSA) is 63.2 Å². The third kappa shape index (κ3) is 4.82. The van der Waals surface area contributed by atoms with E-state index in [1.54, 1.807) is 0 Å². The van der Waals surface area contributed by atoms with Crippen LogP contribution in [0.5, 0.6) is 0 Å². The van der Waals surface area contributed by atoms with Crippen molar-refractivity contribution in [1.29, 1.82) is 0 Å². The summed E-state index contributed by atoms with van der Waals surface area (Å²) in [6.45, 7) is 4.60. The number of fused-ring (bicyclic) bond motifs is 2. The molecule has 4 atom stereocenters. The summed E-state index contributed by atoms with van der Waals surface area (Å²) in [7, 11) is 0. The van der Waals surface area contributed by atoms with Gasteiger partial charge in [-0.3, -0.25) is 10.1 Å². The van der Waals surface area contributed by atoms with Crippen LogP contribution in [0.3, 0.4) is 0 Å². The zero-order chi connectivity index (χ0) is 21.2. The van der Waals surface area contributed by atoms with Gasteiger partial charge in [0.2, 0.25) is 0 Å². The van der Waals surface area contributed by atoms with Gasteiger partial charge in [0.05, 0.1) is 17.5 Å². The number of nitrogens with zero attached hydrogens (tertiary/aromatic N) is 1. The first-order chi connectivity index (χ1) is 13.6. The summed E-state index contributed by atoms with van der Waals surface area (Å²) in [6.07, 6.45) is 0.925. The summed E-state index contributed by atoms with van der Waals surface area (Å²) < 4.78 is 58.2. The Bertz CT molecular complexity index is 743. The zero-order valence-corrected chi connectivity index (χ0v) is 16.6. The molecule has 1 aliphatic carbocycles. The van der Waals surface area contributed by atoms with Gasteiger partial charge in [-0.2, -0.15) is 13.2 Å². The molecule has 29 heavy (non-hydrogen) atoms. The fourth-order valence-corrected chi connectivity index (χ4v) is 4.13. The van der Waals surface area contributed by atoms with Crippen LogP contribution in [0.4, 0.5) is 23.4 Å². The van der Waals surface area contributed by atoms with Gasteiger partial charge in [0.1, 0.15) is 0 Å². The van der Waals surface area contributed by atoms with Crippen LogP contribution in [0.1, 0.15) is 57.9 Å². The molecular formula is C20H27F4N3O2. The number of anilines is 1. The van der Waals surface area contributed by atoms with Crippen molar-refractivity contribution in [2.24, 2.45) is 11.8 Å². The van der Waals surface area contributed by atoms with Crippen molar-refractivity contribution in [3.05, 3.63) is 23.6 Å². The van der Waals surface area contributed by atoms with Gasteiger partial charge in [-0.25, -0.2) is 9.37 Å². The minimum absolute atomic E-state index is 0.244. The Labute approximate surface area is 167 Å². The van der Waals surface area contributed by atoms with E-state index in [2.05, 4.69) is 22.5 Å². The highest BCUT2D eigenvalue weighted by Gasteiger charge is 2.55. The van der Waals surface area contributed by atoms with E-state index in [1.165, 1.54) is 0 Å². The lowest BCUT2D eigenvalue weighted by Gasteiger charge is -2.36. The number of halogens is 4. The predicted octanol–water partition coefficient (Wildman–Crippen LogP) is 4.49. The Morgan fingerprint density at radius 1 is 1.45 bits per heavy atom. The highest BCUT2D eigenvalue weighted by molar-refractivity contribution is 5.72. The van der Waals surface area contributed by atoms with E-state index in [9.17, 15) is 22.4 Å². The van der Waals surface area contributed by atoms with Crippen molar-refractivity contribution >= 4 is 11.8 Å².